The molecule has 1 N–H and O–H groups in total. The van der Waals surface area contributed by atoms with Crippen LogP contribution in [0.3, 0.4) is 0 Å². The molecule has 1 amide bonds. The van der Waals surface area contributed by atoms with Crippen LogP contribution in [-0.2, 0) is 10.5 Å². The van der Waals surface area contributed by atoms with Crippen LogP contribution in [0.5, 0.6) is 11.5 Å². The van der Waals surface area contributed by atoms with E-state index in [0.29, 0.717) is 29.0 Å². The second-order valence-corrected chi connectivity index (χ2v) is 7.53. The Labute approximate surface area is 174 Å². The number of aromatic nitrogens is 2. The number of benzene rings is 2. The zero-order chi connectivity index (χ0) is 19.9. The van der Waals surface area contributed by atoms with Gasteiger partial charge in [-0.25, -0.2) is 0 Å². The Morgan fingerprint density at radius 2 is 1.89 bits per heavy atom. The number of amides is 1. The van der Waals surface area contributed by atoms with Crippen LogP contribution in [0.1, 0.15) is 5.89 Å². The predicted octanol–water partition coefficient (Wildman–Crippen LogP) is 4.39. The summed E-state index contributed by atoms with van der Waals surface area (Å²) in [7, 11) is 3.15. The van der Waals surface area contributed by atoms with Gasteiger partial charge in [-0.15, -0.1) is 11.8 Å². The maximum absolute atomic E-state index is 12.0. The van der Waals surface area contributed by atoms with Crippen LogP contribution in [0.2, 0.25) is 0 Å². The lowest BCUT2D eigenvalue weighted by Gasteiger charge is -2.07. The van der Waals surface area contributed by atoms with Crippen molar-refractivity contribution in [2.75, 3.05) is 25.3 Å². The normalized spacial score (nSPS) is 10.5. The van der Waals surface area contributed by atoms with Crippen molar-refractivity contribution >= 4 is 39.3 Å². The van der Waals surface area contributed by atoms with Gasteiger partial charge in [-0.3, -0.25) is 4.79 Å². The quantitative estimate of drug-likeness (QED) is 0.529. The molecule has 0 aliphatic carbocycles. The number of anilines is 1. The molecule has 3 aromatic rings. The molecule has 0 unspecified atom stereocenters. The fourth-order valence-corrected chi connectivity index (χ4v) is 3.28. The topological polar surface area (TPSA) is 86.5 Å². The summed E-state index contributed by atoms with van der Waals surface area (Å²) in [6.45, 7) is 0. The predicted molar refractivity (Wildman–Crippen MR) is 112 cm³/mol. The van der Waals surface area contributed by atoms with Gasteiger partial charge in [-0.2, -0.15) is 4.98 Å². The number of rotatable bonds is 8. The number of hydrogen-bond acceptors (Lipinski definition) is 7. The van der Waals surface area contributed by atoms with E-state index < -0.39 is 0 Å². The van der Waals surface area contributed by atoms with Crippen LogP contribution in [0.4, 0.5) is 5.69 Å². The van der Waals surface area contributed by atoms with Crippen LogP contribution in [0, 0.1) is 0 Å². The first-order valence-corrected chi connectivity index (χ1v) is 10.2. The highest BCUT2D eigenvalue weighted by Gasteiger charge is 2.13. The molecule has 9 heteroatoms. The fourth-order valence-electron chi connectivity index (χ4n) is 2.37. The first-order chi connectivity index (χ1) is 13.6. The Bertz CT molecular complexity index is 947. The minimum absolute atomic E-state index is 0.0908. The number of carbonyl (C=O) groups excluding carboxylic acids is 1. The minimum Gasteiger partial charge on any atom is -0.493 e. The van der Waals surface area contributed by atoms with Gasteiger partial charge in [0.1, 0.15) is 0 Å². The number of nitrogens with one attached hydrogen (secondary N) is 1. The molecule has 0 bridgehead atoms. The molecule has 0 fully saturated rings. The van der Waals surface area contributed by atoms with Crippen molar-refractivity contribution in [2.24, 2.45) is 0 Å². The lowest BCUT2D eigenvalue weighted by atomic mass is 10.2. The molecule has 1 heterocycles. The molecular formula is C19H18BrN3O4S. The molecule has 28 heavy (non-hydrogen) atoms. The summed E-state index contributed by atoms with van der Waals surface area (Å²) in [5, 5.41) is 6.83. The number of halogens is 1. The number of nitrogens with zero attached hydrogens (tertiary/aromatic N) is 2. The van der Waals surface area contributed by atoms with Crippen molar-refractivity contribution in [1.82, 2.24) is 10.1 Å². The zero-order valence-corrected chi connectivity index (χ0v) is 17.7. The van der Waals surface area contributed by atoms with Gasteiger partial charge < -0.3 is 19.3 Å². The van der Waals surface area contributed by atoms with E-state index in [1.54, 1.807) is 26.4 Å². The molecule has 0 aliphatic rings. The molecule has 0 saturated heterocycles. The SMILES string of the molecule is COc1ccc(-c2noc(CSCC(=O)Nc3ccc(Br)cc3)n2)cc1OC. The number of ether oxygens (including phenoxy) is 2. The number of thioether (sulfide) groups is 1. The van der Waals surface area contributed by atoms with E-state index in [0.717, 1.165) is 15.7 Å². The summed E-state index contributed by atoms with van der Waals surface area (Å²) in [4.78, 5) is 16.4. The van der Waals surface area contributed by atoms with Crippen LogP contribution in [0.25, 0.3) is 11.4 Å². The van der Waals surface area contributed by atoms with Crippen LogP contribution < -0.4 is 14.8 Å². The molecule has 0 spiro atoms. The summed E-state index contributed by atoms with van der Waals surface area (Å²) >= 11 is 4.76. The Hall–Kier alpha value is -2.52. The van der Waals surface area contributed by atoms with Gasteiger partial charge in [0.2, 0.25) is 17.6 Å². The summed E-state index contributed by atoms with van der Waals surface area (Å²) < 4.78 is 16.7. The van der Waals surface area contributed by atoms with Crippen LogP contribution >= 0.6 is 27.7 Å². The van der Waals surface area contributed by atoms with E-state index in [9.17, 15) is 4.79 Å². The van der Waals surface area contributed by atoms with E-state index in [1.807, 2.05) is 30.3 Å². The molecule has 146 valence electrons. The molecule has 0 aliphatic heterocycles. The molecule has 0 saturated carbocycles. The van der Waals surface area contributed by atoms with E-state index in [2.05, 4.69) is 31.4 Å². The minimum atomic E-state index is -0.0908. The van der Waals surface area contributed by atoms with Gasteiger partial charge in [-0.05, 0) is 42.5 Å². The zero-order valence-electron chi connectivity index (χ0n) is 15.3. The Balaban J connectivity index is 1.53. The fraction of sp³-hybridized carbons (Fsp3) is 0.211. The molecule has 0 radical (unpaired) electrons. The van der Waals surface area contributed by atoms with Gasteiger partial charge in [0, 0.05) is 15.7 Å². The van der Waals surface area contributed by atoms with Crippen molar-refractivity contribution in [1.29, 1.82) is 0 Å². The highest BCUT2D eigenvalue weighted by Crippen LogP contribution is 2.31. The summed E-state index contributed by atoms with van der Waals surface area (Å²) in [6.07, 6.45) is 0. The smallest absolute Gasteiger partial charge is 0.236 e. The highest BCUT2D eigenvalue weighted by atomic mass is 79.9. The lowest BCUT2D eigenvalue weighted by molar-refractivity contribution is -0.113. The van der Waals surface area contributed by atoms with Crippen molar-refractivity contribution in [3.8, 4) is 22.9 Å². The molecule has 3 rings (SSSR count). The average molecular weight is 464 g/mol. The van der Waals surface area contributed by atoms with E-state index in [-0.39, 0.29) is 11.7 Å². The van der Waals surface area contributed by atoms with Gasteiger partial charge in [0.25, 0.3) is 0 Å². The van der Waals surface area contributed by atoms with Crippen molar-refractivity contribution in [2.45, 2.75) is 5.75 Å². The maximum atomic E-state index is 12.0. The first kappa shape index (κ1) is 20.2. The van der Waals surface area contributed by atoms with Crippen molar-refractivity contribution in [3.05, 3.63) is 52.8 Å². The molecule has 2 aromatic carbocycles. The second-order valence-electron chi connectivity index (χ2n) is 5.63. The number of carbonyl (C=O) groups is 1. The summed E-state index contributed by atoms with van der Waals surface area (Å²) in [5.41, 5.74) is 1.51. The summed E-state index contributed by atoms with van der Waals surface area (Å²) in [6, 6.07) is 12.8. The van der Waals surface area contributed by atoms with E-state index >= 15 is 0 Å². The first-order valence-electron chi connectivity index (χ1n) is 8.27. The van der Waals surface area contributed by atoms with Crippen molar-refractivity contribution < 1.29 is 18.8 Å². The van der Waals surface area contributed by atoms with Gasteiger partial charge >= 0.3 is 0 Å². The molecule has 1 aromatic heterocycles. The Kier molecular flexibility index (Phi) is 6.94. The van der Waals surface area contributed by atoms with E-state index in [4.69, 9.17) is 14.0 Å². The maximum Gasteiger partial charge on any atom is 0.236 e. The van der Waals surface area contributed by atoms with Crippen molar-refractivity contribution in [3.63, 3.8) is 0 Å². The largest absolute Gasteiger partial charge is 0.493 e. The Morgan fingerprint density at radius 1 is 1.14 bits per heavy atom. The summed E-state index contributed by atoms with van der Waals surface area (Å²) in [5.74, 6) is 2.75. The van der Waals surface area contributed by atoms with Crippen LogP contribution in [-0.4, -0.2) is 36.0 Å². The van der Waals surface area contributed by atoms with Crippen LogP contribution in [0.15, 0.2) is 51.5 Å². The number of methoxy groups -OCH3 is 2. The van der Waals surface area contributed by atoms with Gasteiger partial charge in [0.15, 0.2) is 11.5 Å². The van der Waals surface area contributed by atoms with E-state index in [1.165, 1.54) is 11.8 Å². The highest BCUT2D eigenvalue weighted by molar-refractivity contribution is 9.10. The standard InChI is InChI=1S/C19H18BrN3O4S/c1-25-15-8-3-12(9-16(15)26-2)19-22-18(27-23-19)11-28-10-17(24)21-14-6-4-13(20)5-7-14/h3-9H,10-11H2,1-2H3,(H,21,24). The third kappa shape index (κ3) is 5.26. The third-order valence-corrected chi connectivity index (χ3v) is 5.14. The van der Waals surface area contributed by atoms with Gasteiger partial charge in [0.05, 0.1) is 25.7 Å². The monoisotopic (exact) mass is 463 g/mol. The lowest BCUT2D eigenvalue weighted by Crippen LogP contribution is -2.14. The third-order valence-electron chi connectivity index (χ3n) is 3.70. The molecular weight excluding hydrogens is 446 g/mol. The molecule has 0 atom stereocenters. The number of hydrogen-bond donors (Lipinski definition) is 1. The van der Waals surface area contributed by atoms with Gasteiger partial charge in [-0.1, -0.05) is 21.1 Å². The average Bonchev–Trinajstić information content (AvgIpc) is 3.18. The Morgan fingerprint density at radius 3 is 2.61 bits per heavy atom. The molecule has 7 nitrogen and oxygen atoms in total. The second kappa shape index (κ2) is 9.61.